The van der Waals surface area contributed by atoms with Crippen LogP contribution in [0, 0.1) is 6.92 Å². The molecule has 0 saturated carbocycles. The van der Waals surface area contributed by atoms with Crippen LogP contribution in [0.4, 0.5) is 5.69 Å². The van der Waals surface area contributed by atoms with Crippen molar-refractivity contribution in [3.63, 3.8) is 0 Å². The van der Waals surface area contributed by atoms with Crippen LogP contribution >= 0.6 is 0 Å². The minimum absolute atomic E-state index is 0.202. The lowest BCUT2D eigenvalue weighted by molar-refractivity contribution is 0.594. The second-order valence-corrected chi connectivity index (χ2v) is 7.10. The Labute approximate surface area is 135 Å². The Morgan fingerprint density at radius 2 is 1.52 bits per heavy atom. The van der Waals surface area contributed by atoms with Crippen LogP contribution in [0.3, 0.4) is 0 Å². The number of hydrogen-bond donors (Lipinski definition) is 0. The van der Waals surface area contributed by atoms with E-state index in [2.05, 4.69) is 5.10 Å². The van der Waals surface area contributed by atoms with Gasteiger partial charge in [-0.05, 0) is 31.2 Å². The summed E-state index contributed by atoms with van der Waals surface area (Å²) in [5.74, 6) is 0. The van der Waals surface area contributed by atoms with Crippen LogP contribution in [0.15, 0.2) is 71.8 Å². The van der Waals surface area contributed by atoms with Crippen molar-refractivity contribution in [1.29, 1.82) is 0 Å². The molecule has 0 N–H and O–H groups in total. The van der Waals surface area contributed by atoms with E-state index in [0.29, 0.717) is 11.4 Å². The number of para-hydroxylation sites is 2. The molecule has 6 heteroatoms. The third-order valence-corrected chi connectivity index (χ3v) is 5.52. The van der Waals surface area contributed by atoms with Gasteiger partial charge in [-0.15, -0.1) is 0 Å². The highest BCUT2D eigenvalue weighted by molar-refractivity contribution is 7.92. The Balaban J connectivity index is 2.03. The van der Waals surface area contributed by atoms with E-state index in [1.54, 1.807) is 37.0 Å². The first kappa shape index (κ1) is 15.3. The zero-order valence-corrected chi connectivity index (χ0v) is 13.7. The predicted octanol–water partition coefficient (Wildman–Crippen LogP) is 3.01. The third-order valence-electron chi connectivity index (χ3n) is 3.63. The van der Waals surface area contributed by atoms with Crippen LogP contribution in [0.1, 0.15) is 5.69 Å². The van der Waals surface area contributed by atoms with Gasteiger partial charge in [0.05, 0.1) is 23.3 Å². The maximum atomic E-state index is 12.9. The van der Waals surface area contributed by atoms with E-state index in [9.17, 15) is 8.42 Å². The molecule has 0 unspecified atom stereocenters. The average Bonchev–Trinajstić information content (AvgIpc) is 2.98. The summed E-state index contributed by atoms with van der Waals surface area (Å²) >= 11 is 0. The van der Waals surface area contributed by atoms with Crippen molar-refractivity contribution in [3.05, 3.63) is 72.6 Å². The molecule has 3 aromatic rings. The van der Waals surface area contributed by atoms with Crippen LogP contribution in [0.5, 0.6) is 0 Å². The molecule has 0 aliphatic heterocycles. The fourth-order valence-electron chi connectivity index (χ4n) is 2.33. The summed E-state index contributed by atoms with van der Waals surface area (Å²) in [6.45, 7) is 1.70. The number of sulfonamides is 1. The minimum Gasteiger partial charge on any atom is -0.269 e. The molecule has 118 valence electrons. The Hall–Kier alpha value is -2.60. The summed E-state index contributed by atoms with van der Waals surface area (Å²) < 4.78 is 28.6. The van der Waals surface area contributed by atoms with Crippen LogP contribution in [-0.4, -0.2) is 25.2 Å². The summed E-state index contributed by atoms with van der Waals surface area (Å²) in [4.78, 5) is 0.202. The zero-order chi connectivity index (χ0) is 16.4. The number of nitrogens with zero attached hydrogens (tertiary/aromatic N) is 3. The maximum absolute atomic E-state index is 12.9. The van der Waals surface area contributed by atoms with E-state index in [4.69, 9.17) is 0 Å². The number of aromatic nitrogens is 2. The standard InChI is InChI=1S/C17H17N3O2S/c1-14-17(13-20(18-14)16-11-7-4-8-12-16)23(21,22)19(2)15-9-5-3-6-10-15/h3-13H,1-2H3. The number of hydrogen-bond acceptors (Lipinski definition) is 3. The van der Waals surface area contributed by atoms with Crippen LogP contribution in [-0.2, 0) is 10.0 Å². The minimum atomic E-state index is -3.66. The Morgan fingerprint density at radius 3 is 2.13 bits per heavy atom. The lowest BCUT2D eigenvalue weighted by atomic mass is 10.3. The smallest absolute Gasteiger partial charge is 0.267 e. The van der Waals surface area contributed by atoms with Crippen molar-refractivity contribution in [1.82, 2.24) is 9.78 Å². The molecule has 0 atom stereocenters. The van der Waals surface area contributed by atoms with Crippen molar-refractivity contribution >= 4 is 15.7 Å². The molecule has 0 aliphatic rings. The van der Waals surface area contributed by atoms with Gasteiger partial charge in [0.15, 0.2) is 0 Å². The normalized spacial score (nSPS) is 11.4. The molecule has 0 fully saturated rings. The SMILES string of the molecule is Cc1nn(-c2ccccc2)cc1S(=O)(=O)N(C)c1ccccc1. The van der Waals surface area contributed by atoms with Gasteiger partial charge in [-0.25, -0.2) is 13.1 Å². The first-order chi connectivity index (χ1) is 11.0. The van der Waals surface area contributed by atoms with Crippen molar-refractivity contribution < 1.29 is 8.42 Å². The highest BCUT2D eigenvalue weighted by atomic mass is 32.2. The lowest BCUT2D eigenvalue weighted by Gasteiger charge is -2.18. The Kier molecular flexibility index (Phi) is 3.92. The number of rotatable bonds is 4. The molecule has 0 bridgehead atoms. The molecule has 0 aliphatic carbocycles. The van der Waals surface area contributed by atoms with Gasteiger partial charge in [-0.1, -0.05) is 36.4 Å². The monoisotopic (exact) mass is 327 g/mol. The highest BCUT2D eigenvalue weighted by Crippen LogP contribution is 2.24. The van der Waals surface area contributed by atoms with Crippen LogP contribution in [0.2, 0.25) is 0 Å². The van der Waals surface area contributed by atoms with E-state index in [1.165, 1.54) is 4.31 Å². The van der Waals surface area contributed by atoms with Crippen LogP contribution in [0.25, 0.3) is 5.69 Å². The fourth-order valence-corrected chi connectivity index (χ4v) is 3.68. The summed E-state index contributed by atoms with van der Waals surface area (Å²) in [7, 11) is -2.11. The average molecular weight is 327 g/mol. The second kappa shape index (κ2) is 5.89. The fraction of sp³-hybridized carbons (Fsp3) is 0.118. The third kappa shape index (κ3) is 2.85. The molecule has 2 aromatic carbocycles. The first-order valence-electron chi connectivity index (χ1n) is 7.16. The maximum Gasteiger partial charge on any atom is 0.267 e. The van der Waals surface area contributed by atoms with Crippen LogP contribution < -0.4 is 4.31 Å². The molecule has 23 heavy (non-hydrogen) atoms. The summed E-state index contributed by atoms with van der Waals surface area (Å²) in [5.41, 5.74) is 1.90. The summed E-state index contributed by atoms with van der Waals surface area (Å²) in [5, 5.41) is 4.33. The van der Waals surface area contributed by atoms with Gasteiger partial charge in [-0.2, -0.15) is 5.10 Å². The van der Waals surface area contributed by atoms with E-state index < -0.39 is 10.0 Å². The van der Waals surface area contributed by atoms with Crippen molar-refractivity contribution in [2.24, 2.45) is 0 Å². The second-order valence-electron chi connectivity index (χ2n) is 5.17. The van der Waals surface area contributed by atoms with E-state index in [1.807, 2.05) is 48.5 Å². The highest BCUT2D eigenvalue weighted by Gasteiger charge is 2.26. The molecule has 0 amide bonds. The molecule has 1 heterocycles. The molecule has 0 radical (unpaired) electrons. The van der Waals surface area contributed by atoms with E-state index in [0.717, 1.165) is 5.69 Å². The Bertz CT molecular complexity index is 904. The predicted molar refractivity (Wildman–Crippen MR) is 90.3 cm³/mol. The molecule has 1 aromatic heterocycles. The van der Waals surface area contributed by atoms with Crippen molar-refractivity contribution in [2.75, 3.05) is 11.4 Å². The van der Waals surface area contributed by atoms with Gasteiger partial charge in [0.1, 0.15) is 4.90 Å². The lowest BCUT2D eigenvalue weighted by Crippen LogP contribution is -2.26. The Morgan fingerprint density at radius 1 is 0.957 bits per heavy atom. The van der Waals surface area contributed by atoms with Gasteiger partial charge in [0.2, 0.25) is 0 Å². The molecule has 3 rings (SSSR count). The summed E-state index contributed by atoms with van der Waals surface area (Å²) in [6.07, 6.45) is 1.56. The summed E-state index contributed by atoms with van der Waals surface area (Å²) in [6, 6.07) is 18.4. The number of benzene rings is 2. The first-order valence-corrected chi connectivity index (χ1v) is 8.60. The molecular weight excluding hydrogens is 310 g/mol. The van der Waals surface area contributed by atoms with E-state index >= 15 is 0 Å². The van der Waals surface area contributed by atoms with Gasteiger partial charge < -0.3 is 0 Å². The molecule has 0 saturated heterocycles. The quantitative estimate of drug-likeness (QED) is 0.740. The number of aryl methyl sites for hydroxylation is 1. The largest absolute Gasteiger partial charge is 0.269 e. The van der Waals surface area contributed by atoms with E-state index in [-0.39, 0.29) is 4.90 Å². The van der Waals surface area contributed by atoms with Gasteiger partial charge in [-0.3, -0.25) is 4.31 Å². The van der Waals surface area contributed by atoms with Gasteiger partial charge in [0, 0.05) is 7.05 Å². The zero-order valence-electron chi connectivity index (χ0n) is 12.9. The molecule has 0 spiro atoms. The topological polar surface area (TPSA) is 55.2 Å². The van der Waals surface area contributed by atoms with Crippen molar-refractivity contribution in [3.8, 4) is 5.69 Å². The number of anilines is 1. The van der Waals surface area contributed by atoms with Gasteiger partial charge in [0.25, 0.3) is 10.0 Å². The molecule has 5 nitrogen and oxygen atoms in total. The van der Waals surface area contributed by atoms with Gasteiger partial charge >= 0.3 is 0 Å². The molecular formula is C17H17N3O2S. The van der Waals surface area contributed by atoms with Crippen molar-refractivity contribution in [2.45, 2.75) is 11.8 Å².